The molecule has 0 saturated carbocycles. The van der Waals surface area contributed by atoms with E-state index in [4.69, 9.17) is 11.5 Å². The Morgan fingerprint density at radius 1 is 0.448 bits per heavy atom. The van der Waals surface area contributed by atoms with E-state index in [1.54, 1.807) is 12.4 Å². The number of nitrogens with zero attached hydrogens (tertiary/aromatic N) is 1. The van der Waals surface area contributed by atoms with E-state index in [1.807, 2.05) is 12.1 Å². The maximum Gasteiger partial charge on any atom is 0.227 e. The minimum absolute atomic E-state index is 0.00497. The monoisotopic (exact) mass is 791 g/mol. The second kappa shape index (κ2) is 40.2. The molecule has 7 heteroatoms. The molecule has 0 radical (unpaired) electrons. The van der Waals surface area contributed by atoms with E-state index in [1.165, 1.54) is 12.8 Å². The van der Waals surface area contributed by atoms with Crippen LogP contribution in [0.4, 0.5) is 5.69 Å². The molecular weight excluding hydrogens is 717 g/mol. The first-order chi connectivity index (χ1) is 28.5. The summed E-state index contributed by atoms with van der Waals surface area (Å²) in [5.41, 5.74) is 11.1. The van der Waals surface area contributed by atoms with Gasteiger partial charge in [-0.3, -0.25) is 19.4 Å². The summed E-state index contributed by atoms with van der Waals surface area (Å²) in [6.45, 7) is 0. The van der Waals surface area contributed by atoms with Gasteiger partial charge in [-0.05, 0) is 121 Å². The number of hydrogen-bond donors (Lipinski definition) is 3. The number of unbranched alkanes of at least 4 members (excludes halogenated alkanes) is 6. The molecule has 58 heavy (non-hydrogen) atoms. The number of aromatic nitrogens is 1. The van der Waals surface area contributed by atoms with E-state index in [0.717, 1.165) is 121 Å². The molecule has 316 valence electrons. The topological polar surface area (TPSA) is 128 Å². The fourth-order valence-corrected chi connectivity index (χ4v) is 5.82. The number of primary amides is 2. The van der Waals surface area contributed by atoms with Crippen molar-refractivity contribution in [1.29, 1.82) is 0 Å². The molecule has 1 atom stereocenters. The highest BCUT2D eigenvalue weighted by atomic mass is 16.2. The van der Waals surface area contributed by atoms with Crippen molar-refractivity contribution in [3.05, 3.63) is 146 Å². The molecule has 0 bridgehead atoms. The quantitative estimate of drug-likeness (QED) is 0.0462. The highest BCUT2D eigenvalue weighted by Gasteiger charge is 2.17. The molecule has 1 rings (SSSR count). The number of anilines is 1. The summed E-state index contributed by atoms with van der Waals surface area (Å²) < 4.78 is 0. The molecule has 1 aromatic rings. The maximum absolute atomic E-state index is 13.2. The maximum atomic E-state index is 13.2. The Balaban J connectivity index is 2.21. The van der Waals surface area contributed by atoms with Gasteiger partial charge in [0.05, 0.1) is 0 Å². The number of carbonyl (C=O) groups excluding carboxylic acids is 3. The Morgan fingerprint density at radius 2 is 0.793 bits per heavy atom. The summed E-state index contributed by atoms with van der Waals surface area (Å²) in [4.78, 5) is 38.7. The SMILES string of the molecule is NC(=O)CCCC=CCC=CCC=CCC=CCC=CCCCCCC[C@@H](CCC=CCC=CCC=CCC=CCC=CCCCC(N)=O)C(=O)Nc1ccncc1. The minimum Gasteiger partial charge on any atom is -0.370 e. The lowest BCUT2D eigenvalue weighted by Gasteiger charge is -2.16. The lowest BCUT2D eigenvalue weighted by atomic mass is 9.94. The van der Waals surface area contributed by atoms with Crippen molar-refractivity contribution in [2.45, 2.75) is 141 Å². The van der Waals surface area contributed by atoms with Crippen LogP contribution in [0, 0.1) is 5.92 Å². The fraction of sp³-hybridized carbons (Fsp3) is 0.451. The Hall–Kier alpha value is -5.04. The first-order valence-corrected chi connectivity index (χ1v) is 21.8. The molecule has 0 aliphatic carbocycles. The van der Waals surface area contributed by atoms with Crippen LogP contribution in [0.3, 0.4) is 0 Å². The van der Waals surface area contributed by atoms with Gasteiger partial charge in [0.25, 0.3) is 0 Å². The van der Waals surface area contributed by atoms with Gasteiger partial charge in [-0.1, -0.05) is 141 Å². The predicted octanol–water partition coefficient (Wildman–Crippen LogP) is 12.8. The Bertz CT molecular complexity index is 1490. The first-order valence-electron chi connectivity index (χ1n) is 21.8. The van der Waals surface area contributed by atoms with E-state index >= 15 is 0 Å². The Morgan fingerprint density at radius 3 is 1.19 bits per heavy atom. The van der Waals surface area contributed by atoms with Crippen LogP contribution in [-0.2, 0) is 14.4 Å². The second-order valence-corrected chi connectivity index (χ2v) is 14.3. The van der Waals surface area contributed by atoms with Crippen LogP contribution in [0.15, 0.2) is 146 Å². The summed E-state index contributed by atoms with van der Waals surface area (Å²) >= 11 is 0. The summed E-state index contributed by atoms with van der Waals surface area (Å²) in [6, 6.07) is 3.68. The molecular formula is C51H74N4O3. The number of hydrogen-bond acceptors (Lipinski definition) is 4. The summed E-state index contributed by atoms with van der Waals surface area (Å²) in [7, 11) is 0. The number of rotatable bonds is 36. The summed E-state index contributed by atoms with van der Waals surface area (Å²) in [6.07, 6.45) is 67.3. The third-order valence-corrected chi connectivity index (χ3v) is 9.11. The van der Waals surface area contributed by atoms with Gasteiger partial charge in [-0.2, -0.15) is 0 Å². The molecule has 0 saturated heterocycles. The molecule has 5 N–H and O–H groups in total. The van der Waals surface area contributed by atoms with Crippen LogP contribution in [0.5, 0.6) is 0 Å². The molecule has 7 nitrogen and oxygen atoms in total. The zero-order valence-electron chi connectivity index (χ0n) is 35.3. The van der Waals surface area contributed by atoms with E-state index < -0.39 is 0 Å². The highest BCUT2D eigenvalue weighted by molar-refractivity contribution is 5.92. The van der Waals surface area contributed by atoms with Crippen LogP contribution in [0.25, 0.3) is 0 Å². The zero-order chi connectivity index (χ0) is 41.8. The smallest absolute Gasteiger partial charge is 0.227 e. The molecule has 0 fully saturated rings. The van der Waals surface area contributed by atoms with Crippen molar-refractivity contribution in [2.75, 3.05) is 5.32 Å². The van der Waals surface area contributed by atoms with Gasteiger partial charge >= 0.3 is 0 Å². The van der Waals surface area contributed by atoms with Crippen LogP contribution in [0.2, 0.25) is 0 Å². The van der Waals surface area contributed by atoms with Crippen molar-refractivity contribution >= 4 is 23.4 Å². The number of amides is 3. The van der Waals surface area contributed by atoms with E-state index in [0.29, 0.717) is 12.8 Å². The van der Waals surface area contributed by atoms with Crippen molar-refractivity contribution in [2.24, 2.45) is 17.4 Å². The van der Waals surface area contributed by atoms with Crippen molar-refractivity contribution in [3.63, 3.8) is 0 Å². The van der Waals surface area contributed by atoms with Crippen molar-refractivity contribution < 1.29 is 14.4 Å². The average molecular weight is 791 g/mol. The minimum atomic E-state index is -0.233. The van der Waals surface area contributed by atoms with Gasteiger partial charge in [-0.25, -0.2) is 0 Å². The number of allylic oxidation sites excluding steroid dienone is 20. The van der Waals surface area contributed by atoms with Crippen LogP contribution in [0.1, 0.15) is 141 Å². The van der Waals surface area contributed by atoms with Gasteiger partial charge in [0.2, 0.25) is 17.7 Å². The Kier molecular flexibility index (Phi) is 35.3. The van der Waals surface area contributed by atoms with Crippen LogP contribution < -0.4 is 16.8 Å². The zero-order valence-corrected chi connectivity index (χ0v) is 35.3. The molecule has 1 heterocycles. The number of pyridine rings is 1. The first kappa shape index (κ1) is 51.0. The molecule has 1 aromatic heterocycles. The summed E-state index contributed by atoms with van der Waals surface area (Å²) in [5.74, 6) is -0.362. The number of nitrogens with two attached hydrogens (primary N) is 2. The van der Waals surface area contributed by atoms with Crippen molar-refractivity contribution in [1.82, 2.24) is 4.98 Å². The molecule has 0 unspecified atom stereocenters. The van der Waals surface area contributed by atoms with E-state index in [9.17, 15) is 14.4 Å². The average Bonchev–Trinajstić information content (AvgIpc) is 3.21. The standard InChI is InChI=1S/C51H74N4O3/c52-49(56)41-37-33-29-25-21-17-13-9-5-3-1-2-4-7-11-15-19-23-27-31-35-39-47(51(58)55-48-43-45-54-46-44-48)40-36-32-28-24-20-16-12-8-6-10-14-18-22-26-30-34-38-42-50(53)57/h2-6,8,11,13-18,20,25-26,28-30,32,43-47H,1,7,9-10,12,19,21-24,27,31,33-42H2,(H2,52,56)(H2,53,57)(H,54,55,58)/t47-/m0/s1. The van der Waals surface area contributed by atoms with Gasteiger partial charge in [-0.15, -0.1) is 0 Å². The summed E-state index contributed by atoms with van der Waals surface area (Å²) in [5, 5.41) is 3.10. The highest BCUT2D eigenvalue weighted by Crippen LogP contribution is 2.20. The van der Waals surface area contributed by atoms with Crippen LogP contribution in [-0.4, -0.2) is 22.7 Å². The van der Waals surface area contributed by atoms with Gasteiger partial charge in [0.1, 0.15) is 0 Å². The van der Waals surface area contributed by atoms with E-state index in [2.05, 4.69) is 132 Å². The lowest BCUT2D eigenvalue weighted by Crippen LogP contribution is -2.22. The molecule has 0 spiro atoms. The third-order valence-electron chi connectivity index (χ3n) is 9.11. The van der Waals surface area contributed by atoms with Gasteiger partial charge in [0, 0.05) is 36.8 Å². The predicted molar refractivity (Wildman–Crippen MR) is 248 cm³/mol. The molecule has 0 aromatic carbocycles. The molecule has 3 amide bonds. The normalized spacial score (nSPS) is 13.2. The van der Waals surface area contributed by atoms with E-state index in [-0.39, 0.29) is 23.6 Å². The molecule has 0 aliphatic heterocycles. The second-order valence-electron chi connectivity index (χ2n) is 14.3. The van der Waals surface area contributed by atoms with Gasteiger partial charge in [0.15, 0.2) is 0 Å². The van der Waals surface area contributed by atoms with Crippen molar-refractivity contribution in [3.8, 4) is 0 Å². The number of nitrogens with one attached hydrogen (secondary N) is 1. The largest absolute Gasteiger partial charge is 0.370 e. The molecule has 0 aliphatic rings. The Labute approximate surface area is 351 Å². The van der Waals surface area contributed by atoms with Crippen LogP contribution >= 0.6 is 0 Å². The fourth-order valence-electron chi connectivity index (χ4n) is 5.82. The lowest BCUT2D eigenvalue weighted by molar-refractivity contribution is -0.120. The number of carbonyl (C=O) groups is 3. The third kappa shape index (κ3) is 36.6. The van der Waals surface area contributed by atoms with Gasteiger partial charge < -0.3 is 16.8 Å².